The lowest BCUT2D eigenvalue weighted by molar-refractivity contribution is 0.428. The molecule has 7 nitrogen and oxygen atoms in total. The van der Waals surface area contributed by atoms with E-state index in [2.05, 4.69) is 30.9 Å². The second-order valence-electron chi connectivity index (χ2n) is 5.75. The van der Waals surface area contributed by atoms with Crippen LogP contribution in [0.4, 0.5) is 10.3 Å². The van der Waals surface area contributed by atoms with Gasteiger partial charge in [-0.15, -0.1) is 0 Å². The molecule has 27 heavy (non-hydrogen) atoms. The summed E-state index contributed by atoms with van der Waals surface area (Å²) in [6.45, 7) is 0. The summed E-state index contributed by atoms with van der Waals surface area (Å²) in [4.78, 5) is 23.8. The van der Waals surface area contributed by atoms with Crippen molar-refractivity contribution in [2.75, 3.05) is 5.73 Å². The number of benzene rings is 1. The highest BCUT2D eigenvalue weighted by molar-refractivity contribution is 9.10. The third-order valence-electron chi connectivity index (χ3n) is 4.10. The van der Waals surface area contributed by atoms with Gasteiger partial charge in [0.25, 0.3) is 0 Å². The summed E-state index contributed by atoms with van der Waals surface area (Å²) < 4.78 is 16.1. The zero-order valence-corrected chi connectivity index (χ0v) is 16.2. The predicted molar refractivity (Wildman–Crippen MR) is 103 cm³/mol. The SMILES string of the molecule is Cn1c(O)c(/C=c2\cc3c(c(F)c2Br)=NC=C3c2cnc(N)nc2)sc1=O. The maximum absolute atomic E-state index is 14.8. The van der Waals surface area contributed by atoms with Crippen LogP contribution >= 0.6 is 27.3 Å². The molecule has 3 N–H and O–H groups in total. The summed E-state index contributed by atoms with van der Waals surface area (Å²) in [7, 11) is 1.46. The van der Waals surface area contributed by atoms with Gasteiger partial charge < -0.3 is 10.8 Å². The largest absolute Gasteiger partial charge is 0.493 e. The van der Waals surface area contributed by atoms with Gasteiger partial charge in [-0.25, -0.2) is 14.4 Å². The Hall–Kier alpha value is -2.85. The molecule has 1 aliphatic heterocycles. The number of nitrogens with two attached hydrogens (primary N) is 1. The number of hydrogen-bond donors (Lipinski definition) is 2. The molecule has 1 aliphatic rings. The van der Waals surface area contributed by atoms with Crippen LogP contribution in [0.5, 0.6) is 5.88 Å². The minimum absolute atomic E-state index is 0.139. The van der Waals surface area contributed by atoms with Gasteiger partial charge >= 0.3 is 4.87 Å². The van der Waals surface area contributed by atoms with E-state index in [-0.39, 0.29) is 26.5 Å². The van der Waals surface area contributed by atoms with Gasteiger partial charge in [-0.3, -0.25) is 14.4 Å². The molecule has 3 aromatic rings. The van der Waals surface area contributed by atoms with Crippen LogP contribution in [-0.2, 0) is 7.05 Å². The standard InChI is InChI=1S/C17H11BrFN5O2S/c1-24-15(25)11(27-17(24)26)3-7-2-9-10(8-4-22-16(20)23-5-8)6-21-14(9)13(19)12(7)18/h2-6,25H,1H3,(H2,20,22,23)/b7-3+. The van der Waals surface area contributed by atoms with E-state index in [1.807, 2.05) is 0 Å². The van der Waals surface area contributed by atoms with Crippen molar-refractivity contribution in [1.82, 2.24) is 14.5 Å². The summed E-state index contributed by atoms with van der Waals surface area (Å²) in [6, 6.07) is 1.73. The van der Waals surface area contributed by atoms with E-state index < -0.39 is 5.82 Å². The van der Waals surface area contributed by atoms with Crippen LogP contribution < -0.4 is 21.2 Å². The number of aromatic nitrogens is 3. The number of aromatic hydroxyl groups is 1. The van der Waals surface area contributed by atoms with E-state index in [0.29, 0.717) is 26.8 Å². The molecule has 0 spiro atoms. The van der Waals surface area contributed by atoms with E-state index in [1.54, 1.807) is 12.1 Å². The molecular formula is C17H11BrFN5O2S. The average Bonchev–Trinajstić information content (AvgIpc) is 3.17. The lowest BCUT2D eigenvalue weighted by Gasteiger charge is -2.06. The maximum atomic E-state index is 14.8. The van der Waals surface area contributed by atoms with Crippen molar-refractivity contribution < 1.29 is 9.50 Å². The highest BCUT2D eigenvalue weighted by Crippen LogP contribution is 2.25. The second-order valence-corrected chi connectivity index (χ2v) is 7.54. The van der Waals surface area contributed by atoms with Crippen molar-refractivity contribution >= 4 is 44.9 Å². The molecule has 10 heteroatoms. The van der Waals surface area contributed by atoms with Crippen LogP contribution in [0.1, 0.15) is 16.0 Å². The fourth-order valence-corrected chi connectivity index (χ4v) is 3.92. The zero-order chi connectivity index (χ0) is 19.3. The van der Waals surface area contributed by atoms with E-state index in [9.17, 15) is 14.3 Å². The summed E-state index contributed by atoms with van der Waals surface area (Å²) in [6.07, 6.45) is 6.16. The van der Waals surface area contributed by atoms with Gasteiger partial charge in [-0.1, -0.05) is 11.3 Å². The smallest absolute Gasteiger partial charge is 0.310 e. The van der Waals surface area contributed by atoms with Crippen molar-refractivity contribution in [3.8, 4) is 5.88 Å². The Morgan fingerprint density at radius 1 is 1.37 bits per heavy atom. The van der Waals surface area contributed by atoms with Crippen LogP contribution in [-0.4, -0.2) is 19.6 Å². The van der Waals surface area contributed by atoms with Gasteiger partial charge in [0.1, 0.15) is 5.36 Å². The van der Waals surface area contributed by atoms with E-state index in [4.69, 9.17) is 5.73 Å². The highest BCUT2D eigenvalue weighted by Gasteiger charge is 2.19. The molecule has 0 unspecified atom stereocenters. The minimum atomic E-state index is -0.538. The van der Waals surface area contributed by atoms with Crippen LogP contribution in [0.15, 0.2) is 38.9 Å². The monoisotopic (exact) mass is 447 g/mol. The van der Waals surface area contributed by atoms with Crippen LogP contribution in [0, 0.1) is 5.82 Å². The maximum Gasteiger partial charge on any atom is 0.310 e. The topological polar surface area (TPSA) is 106 Å². The highest BCUT2D eigenvalue weighted by atomic mass is 79.9. The van der Waals surface area contributed by atoms with Crippen molar-refractivity contribution in [3.05, 3.63) is 71.2 Å². The number of nitrogen functional groups attached to an aromatic ring is 1. The molecule has 0 saturated carbocycles. The zero-order valence-electron chi connectivity index (χ0n) is 13.8. The van der Waals surface area contributed by atoms with Crippen LogP contribution in [0.3, 0.4) is 0 Å². The van der Waals surface area contributed by atoms with E-state index in [0.717, 1.165) is 15.9 Å². The summed E-state index contributed by atoms with van der Waals surface area (Å²) in [5.41, 5.74) is 7.36. The van der Waals surface area contributed by atoms with Gasteiger partial charge in [-0.2, -0.15) is 0 Å². The summed E-state index contributed by atoms with van der Waals surface area (Å²) >= 11 is 4.10. The minimum Gasteiger partial charge on any atom is -0.493 e. The Bertz CT molecular complexity index is 1290. The Morgan fingerprint density at radius 3 is 2.70 bits per heavy atom. The number of nitrogens with zero attached hydrogens (tertiary/aromatic N) is 4. The first kappa shape index (κ1) is 17.6. The van der Waals surface area contributed by atoms with E-state index >= 15 is 0 Å². The molecule has 3 heterocycles. The van der Waals surface area contributed by atoms with Crippen LogP contribution in [0.2, 0.25) is 0 Å². The third-order valence-corrected chi connectivity index (χ3v) is 5.88. The Balaban J connectivity index is 1.92. The average molecular weight is 448 g/mol. The molecule has 1 aromatic carbocycles. The molecule has 0 fully saturated rings. The van der Waals surface area contributed by atoms with Crippen molar-refractivity contribution in [1.29, 1.82) is 0 Å². The molecule has 0 bridgehead atoms. The fourth-order valence-electron chi connectivity index (χ4n) is 2.67. The first-order valence-corrected chi connectivity index (χ1v) is 9.22. The second kappa shape index (κ2) is 6.39. The summed E-state index contributed by atoms with van der Waals surface area (Å²) in [5.74, 6) is -0.575. The predicted octanol–water partition coefficient (Wildman–Crippen LogP) is 1.28. The number of rotatable bonds is 2. The lowest BCUT2D eigenvalue weighted by Crippen LogP contribution is -2.20. The summed E-state index contributed by atoms with van der Waals surface area (Å²) in [5, 5.41) is 10.7. The van der Waals surface area contributed by atoms with Gasteiger partial charge in [0.15, 0.2) is 5.82 Å². The number of thiazole rings is 1. The Labute approximate surface area is 163 Å². The number of halogens is 2. The number of hydrogen-bond acceptors (Lipinski definition) is 7. The van der Waals surface area contributed by atoms with Gasteiger partial charge in [0.2, 0.25) is 11.8 Å². The number of fused-ring (bicyclic) bond motifs is 1. The van der Waals surface area contributed by atoms with Gasteiger partial charge in [0, 0.05) is 42.3 Å². The first-order valence-electron chi connectivity index (χ1n) is 7.61. The molecule has 0 radical (unpaired) electrons. The molecular weight excluding hydrogens is 437 g/mol. The van der Waals surface area contributed by atoms with Crippen molar-refractivity contribution in [2.24, 2.45) is 12.0 Å². The Kier molecular flexibility index (Phi) is 4.16. The molecule has 0 amide bonds. The normalized spacial score (nSPS) is 13.4. The fraction of sp³-hybridized carbons (Fsp3) is 0.0588. The number of anilines is 1. The Morgan fingerprint density at radius 2 is 2.07 bits per heavy atom. The van der Waals surface area contributed by atoms with Gasteiger partial charge in [-0.05, 0) is 33.3 Å². The lowest BCUT2D eigenvalue weighted by atomic mass is 10.0. The third kappa shape index (κ3) is 2.86. The molecule has 2 aromatic heterocycles. The molecule has 0 atom stereocenters. The van der Waals surface area contributed by atoms with Crippen molar-refractivity contribution in [2.45, 2.75) is 0 Å². The molecule has 4 rings (SSSR count). The quantitative estimate of drug-likeness (QED) is 0.615. The van der Waals surface area contributed by atoms with Crippen molar-refractivity contribution in [3.63, 3.8) is 0 Å². The molecule has 0 aliphatic carbocycles. The molecule has 0 saturated heterocycles. The van der Waals surface area contributed by atoms with Gasteiger partial charge in [0.05, 0.1) is 9.35 Å². The first-order chi connectivity index (χ1) is 12.9. The van der Waals surface area contributed by atoms with Crippen LogP contribution in [0.25, 0.3) is 11.6 Å². The van der Waals surface area contributed by atoms with E-state index in [1.165, 1.54) is 25.6 Å². The molecule has 136 valence electrons.